The van der Waals surface area contributed by atoms with E-state index in [0.717, 1.165) is 44.8 Å². The van der Waals surface area contributed by atoms with Gasteiger partial charge in [-0.1, -0.05) is 0 Å². The van der Waals surface area contributed by atoms with E-state index in [2.05, 4.69) is 42.3 Å². The predicted molar refractivity (Wildman–Crippen MR) is 85.3 cm³/mol. The quantitative estimate of drug-likeness (QED) is 0.923. The molecule has 0 radical (unpaired) electrons. The van der Waals surface area contributed by atoms with Crippen LogP contribution in [-0.2, 0) is 4.74 Å². The van der Waals surface area contributed by atoms with Crippen molar-refractivity contribution in [3.05, 3.63) is 23.8 Å². The fraction of sp³-hybridized carbons (Fsp3) is 0.647. The number of piperazine rings is 1. The molecule has 21 heavy (non-hydrogen) atoms. The maximum Gasteiger partial charge on any atom is 0.122 e. The Bertz CT molecular complexity index is 472. The van der Waals surface area contributed by atoms with Crippen molar-refractivity contribution in [1.82, 2.24) is 5.32 Å². The van der Waals surface area contributed by atoms with E-state index >= 15 is 0 Å². The molecule has 0 amide bonds. The van der Waals surface area contributed by atoms with Gasteiger partial charge in [-0.2, -0.15) is 0 Å². The van der Waals surface area contributed by atoms with Gasteiger partial charge in [-0.3, -0.25) is 0 Å². The van der Waals surface area contributed by atoms with Crippen LogP contribution in [0.2, 0.25) is 0 Å². The summed E-state index contributed by atoms with van der Waals surface area (Å²) in [6.07, 6.45) is 2.90. The standard InChI is InChI=1S/C17H26N2O2/c1-13-11-15(19-9-7-18-8-10-19)4-6-17(13)20-12-16-5-3-14(2)21-16/h4,6,11,14,16,18H,3,5,7-10,12H2,1-2H3. The van der Waals surface area contributed by atoms with E-state index in [9.17, 15) is 0 Å². The summed E-state index contributed by atoms with van der Waals surface area (Å²) in [6, 6.07) is 6.51. The number of benzene rings is 1. The van der Waals surface area contributed by atoms with Crippen LogP contribution in [0.1, 0.15) is 25.3 Å². The van der Waals surface area contributed by atoms with Crippen LogP contribution >= 0.6 is 0 Å². The number of ether oxygens (including phenoxy) is 2. The largest absolute Gasteiger partial charge is 0.491 e. The zero-order valence-corrected chi connectivity index (χ0v) is 13.1. The van der Waals surface area contributed by atoms with Gasteiger partial charge in [0.1, 0.15) is 12.4 Å². The van der Waals surface area contributed by atoms with E-state index in [4.69, 9.17) is 9.47 Å². The Balaban J connectivity index is 1.58. The minimum atomic E-state index is 0.257. The monoisotopic (exact) mass is 290 g/mol. The summed E-state index contributed by atoms with van der Waals surface area (Å²) in [5.74, 6) is 0.983. The van der Waals surface area contributed by atoms with E-state index in [1.165, 1.54) is 11.3 Å². The second kappa shape index (κ2) is 6.67. The average Bonchev–Trinajstić information content (AvgIpc) is 2.92. The van der Waals surface area contributed by atoms with Crippen LogP contribution in [0, 0.1) is 6.92 Å². The van der Waals surface area contributed by atoms with Crippen LogP contribution in [-0.4, -0.2) is 45.0 Å². The molecule has 2 aliphatic rings. The van der Waals surface area contributed by atoms with Crippen molar-refractivity contribution in [2.24, 2.45) is 0 Å². The Morgan fingerprint density at radius 2 is 2.10 bits per heavy atom. The summed E-state index contributed by atoms with van der Waals surface area (Å²) < 4.78 is 11.8. The molecular weight excluding hydrogens is 264 g/mol. The smallest absolute Gasteiger partial charge is 0.122 e. The molecule has 1 aromatic rings. The number of anilines is 1. The van der Waals surface area contributed by atoms with E-state index in [1.54, 1.807) is 0 Å². The molecule has 3 rings (SSSR count). The topological polar surface area (TPSA) is 33.7 Å². The van der Waals surface area contributed by atoms with Crippen molar-refractivity contribution in [2.75, 3.05) is 37.7 Å². The second-order valence-electron chi connectivity index (χ2n) is 6.14. The SMILES string of the molecule is Cc1cc(N2CCNCC2)ccc1OCC1CCC(C)O1. The highest BCUT2D eigenvalue weighted by atomic mass is 16.5. The number of nitrogens with zero attached hydrogens (tertiary/aromatic N) is 1. The third kappa shape index (κ3) is 3.69. The van der Waals surface area contributed by atoms with Gasteiger partial charge < -0.3 is 19.7 Å². The molecule has 2 aliphatic heterocycles. The molecule has 2 saturated heterocycles. The van der Waals surface area contributed by atoms with Crippen LogP contribution in [0.4, 0.5) is 5.69 Å². The first-order chi connectivity index (χ1) is 10.2. The fourth-order valence-electron chi connectivity index (χ4n) is 3.11. The van der Waals surface area contributed by atoms with Gasteiger partial charge in [0.25, 0.3) is 0 Å². The van der Waals surface area contributed by atoms with Crippen molar-refractivity contribution < 1.29 is 9.47 Å². The van der Waals surface area contributed by atoms with Crippen LogP contribution in [0.15, 0.2) is 18.2 Å². The van der Waals surface area contributed by atoms with Gasteiger partial charge in [0, 0.05) is 31.9 Å². The zero-order chi connectivity index (χ0) is 14.7. The molecule has 1 aromatic carbocycles. The highest BCUT2D eigenvalue weighted by Gasteiger charge is 2.22. The van der Waals surface area contributed by atoms with Gasteiger partial charge in [0.05, 0.1) is 12.2 Å². The summed E-state index contributed by atoms with van der Waals surface area (Å²) in [5, 5.41) is 3.39. The van der Waals surface area contributed by atoms with Crippen LogP contribution < -0.4 is 15.0 Å². The summed E-state index contributed by atoms with van der Waals surface area (Å²) >= 11 is 0. The van der Waals surface area contributed by atoms with Crippen molar-refractivity contribution >= 4 is 5.69 Å². The van der Waals surface area contributed by atoms with Gasteiger partial charge in [0.2, 0.25) is 0 Å². The Morgan fingerprint density at radius 1 is 1.29 bits per heavy atom. The lowest BCUT2D eigenvalue weighted by Crippen LogP contribution is -2.43. The Hall–Kier alpha value is -1.26. The molecule has 2 heterocycles. The first-order valence-electron chi connectivity index (χ1n) is 8.07. The predicted octanol–water partition coefficient (Wildman–Crippen LogP) is 2.35. The molecule has 4 nitrogen and oxygen atoms in total. The summed E-state index contributed by atoms with van der Waals surface area (Å²) in [7, 11) is 0. The summed E-state index contributed by atoms with van der Waals surface area (Å²) in [4.78, 5) is 2.43. The zero-order valence-electron chi connectivity index (χ0n) is 13.1. The van der Waals surface area contributed by atoms with Crippen molar-refractivity contribution in [2.45, 2.75) is 38.9 Å². The highest BCUT2D eigenvalue weighted by molar-refractivity contribution is 5.53. The van der Waals surface area contributed by atoms with Gasteiger partial charge in [-0.15, -0.1) is 0 Å². The molecule has 4 heteroatoms. The van der Waals surface area contributed by atoms with E-state index < -0.39 is 0 Å². The van der Waals surface area contributed by atoms with E-state index in [0.29, 0.717) is 12.7 Å². The molecule has 0 spiro atoms. The number of aryl methyl sites for hydroxylation is 1. The minimum absolute atomic E-state index is 0.257. The Morgan fingerprint density at radius 3 is 2.76 bits per heavy atom. The normalized spacial score (nSPS) is 26.1. The summed E-state index contributed by atoms with van der Waals surface area (Å²) in [6.45, 7) is 9.20. The minimum Gasteiger partial charge on any atom is -0.491 e. The number of nitrogens with one attached hydrogen (secondary N) is 1. The van der Waals surface area contributed by atoms with Gasteiger partial charge in [0.15, 0.2) is 0 Å². The molecule has 2 atom stereocenters. The molecule has 2 unspecified atom stereocenters. The van der Waals surface area contributed by atoms with Gasteiger partial charge in [-0.05, 0) is 50.5 Å². The molecule has 1 N–H and O–H groups in total. The molecule has 2 fully saturated rings. The first kappa shape index (κ1) is 14.7. The molecule has 116 valence electrons. The van der Waals surface area contributed by atoms with Crippen LogP contribution in [0.3, 0.4) is 0 Å². The number of rotatable bonds is 4. The van der Waals surface area contributed by atoms with E-state index in [1.807, 2.05) is 0 Å². The van der Waals surface area contributed by atoms with Crippen molar-refractivity contribution in [3.63, 3.8) is 0 Å². The van der Waals surface area contributed by atoms with E-state index in [-0.39, 0.29) is 6.10 Å². The third-order valence-electron chi connectivity index (χ3n) is 4.39. The maximum atomic E-state index is 5.96. The Labute approximate surface area is 127 Å². The number of hydrogen-bond acceptors (Lipinski definition) is 4. The first-order valence-corrected chi connectivity index (χ1v) is 8.07. The molecule has 0 bridgehead atoms. The highest BCUT2D eigenvalue weighted by Crippen LogP contribution is 2.26. The molecule has 0 aromatic heterocycles. The molecular formula is C17H26N2O2. The van der Waals surface area contributed by atoms with Gasteiger partial charge >= 0.3 is 0 Å². The fourth-order valence-corrected chi connectivity index (χ4v) is 3.11. The lowest BCUT2D eigenvalue weighted by molar-refractivity contribution is 0.0263. The number of hydrogen-bond donors (Lipinski definition) is 1. The molecule has 0 aliphatic carbocycles. The summed E-state index contributed by atoms with van der Waals surface area (Å²) in [5.41, 5.74) is 2.50. The third-order valence-corrected chi connectivity index (χ3v) is 4.39. The maximum absolute atomic E-state index is 5.96. The van der Waals surface area contributed by atoms with Crippen LogP contribution in [0.5, 0.6) is 5.75 Å². The second-order valence-corrected chi connectivity index (χ2v) is 6.14. The lowest BCUT2D eigenvalue weighted by Gasteiger charge is -2.30. The average molecular weight is 290 g/mol. The van der Waals surface area contributed by atoms with Gasteiger partial charge in [-0.25, -0.2) is 0 Å². The Kier molecular flexibility index (Phi) is 4.66. The van der Waals surface area contributed by atoms with Crippen molar-refractivity contribution in [3.8, 4) is 5.75 Å². The van der Waals surface area contributed by atoms with Crippen LogP contribution in [0.25, 0.3) is 0 Å². The van der Waals surface area contributed by atoms with Crippen molar-refractivity contribution in [1.29, 1.82) is 0 Å². The molecule has 0 saturated carbocycles. The lowest BCUT2D eigenvalue weighted by atomic mass is 10.1.